The van der Waals surface area contributed by atoms with Crippen LogP contribution in [-0.2, 0) is 6.42 Å². The minimum Gasteiger partial charge on any atom is -0.393 e. The van der Waals surface area contributed by atoms with E-state index in [1.54, 1.807) is 0 Å². The van der Waals surface area contributed by atoms with Gasteiger partial charge in [-0.3, -0.25) is 14.9 Å². The average molecular weight is 378 g/mol. The molecule has 1 fully saturated rings. The van der Waals surface area contributed by atoms with Gasteiger partial charge in [-0.1, -0.05) is 32.0 Å². The molecule has 0 spiro atoms. The second-order valence-electron chi connectivity index (χ2n) is 8.17. The van der Waals surface area contributed by atoms with E-state index in [1.807, 2.05) is 36.5 Å². The minimum absolute atomic E-state index is 0.191. The predicted molar refractivity (Wildman–Crippen MR) is 108 cm³/mol. The van der Waals surface area contributed by atoms with Crippen molar-refractivity contribution in [3.63, 3.8) is 0 Å². The first-order chi connectivity index (χ1) is 13.5. The summed E-state index contributed by atoms with van der Waals surface area (Å²) in [6.45, 7) is 4.26. The largest absolute Gasteiger partial charge is 0.393 e. The van der Waals surface area contributed by atoms with Gasteiger partial charge in [0.1, 0.15) is 5.69 Å². The summed E-state index contributed by atoms with van der Waals surface area (Å²) < 4.78 is 0. The maximum absolute atomic E-state index is 12.8. The Hall–Kier alpha value is -2.73. The standard InChI is InChI=1S/C22H26N4O2/c1-13(2)7-17-11-20(26-25-17)22(28)24-21(15-9-18(27)10-15)16-8-14-5-3-4-6-19(14)23-12-16/h3-6,8,11-13,15,18,21,27H,7,9-10H2,1-2H3,(H,24,28)(H,25,26). The third-order valence-corrected chi connectivity index (χ3v) is 5.37. The fourth-order valence-corrected chi connectivity index (χ4v) is 3.87. The van der Waals surface area contributed by atoms with Crippen molar-refractivity contribution in [2.45, 2.75) is 45.3 Å². The molecule has 1 aliphatic rings. The first-order valence-corrected chi connectivity index (χ1v) is 9.87. The lowest BCUT2D eigenvalue weighted by Crippen LogP contribution is -2.41. The number of fused-ring (bicyclic) bond motifs is 1. The van der Waals surface area contributed by atoms with Crippen LogP contribution >= 0.6 is 0 Å². The maximum atomic E-state index is 12.8. The van der Waals surface area contributed by atoms with E-state index in [1.165, 1.54) is 0 Å². The van der Waals surface area contributed by atoms with E-state index in [0.29, 0.717) is 24.5 Å². The van der Waals surface area contributed by atoms with Crippen molar-refractivity contribution < 1.29 is 9.90 Å². The zero-order valence-electron chi connectivity index (χ0n) is 16.2. The Morgan fingerprint density at radius 3 is 2.82 bits per heavy atom. The zero-order valence-corrected chi connectivity index (χ0v) is 16.2. The van der Waals surface area contributed by atoms with Gasteiger partial charge < -0.3 is 10.4 Å². The van der Waals surface area contributed by atoms with Crippen molar-refractivity contribution in [1.82, 2.24) is 20.5 Å². The molecule has 1 saturated carbocycles. The van der Waals surface area contributed by atoms with E-state index in [9.17, 15) is 9.90 Å². The molecule has 3 aromatic rings. The predicted octanol–water partition coefficient (Wildman–Crippen LogP) is 3.40. The molecule has 1 aliphatic carbocycles. The number of carbonyl (C=O) groups excluding carboxylic acids is 1. The first kappa shape index (κ1) is 18.6. The quantitative estimate of drug-likeness (QED) is 0.613. The molecule has 0 radical (unpaired) electrons. The minimum atomic E-state index is -0.291. The Bertz CT molecular complexity index is 975. The number of pyridine rings is 1. The van der Waals surface area contributed by atoms with Gasteiger partial charge in [-0.15, -0.1) is 0 Å². The number of carbonyl (C=O) groups is 1. The zero-order chi connectivity index (χ0) is 19.7. The highest BCUT2D eigenvalue weighted by molar-refractivity contribution is 5.92. The van der Waals surface area contributed by atoms with Crippen LogP contribution in [0.1, 0.15) is 54.5 Å². The summed E-state index contributed by atoms with van der Waals surface area (Å²) in [6.07, 6.45) is 3.74. The van der Waals surface area contributed by atoms with Crippen LogP contribution in [0, 0.1) is 11.8 Å². The van der Waals surface area contributed by atoms with Crippen LogP contribution in [0.4, 0.5) is 0 Å². The van der Waals surface area contributed by atoms with Gasteiger partial charge in [0.2, 0.25) is 0 Å². The molecular formula is C22H26N4O2. The number of amides is 1. The Morgan fingerprint density at radius 1 is 1.29 bits per heavy atom. The number of aliphatic hydroxyl groups is 1. The molecule has 1 unspecified atom stereocenters. The van der Waals surface area contributed by atoms with Crippen LogP contribution in [0.15, 0.2) is 42.6 Å². The number of hydrogen-bond acceptors (Lipinski definition) is 4. The molecule has 1 atom stereocenters. The van der Waals surface area contributed by atoms with Gasteiger partial charge in [-0.25, -0.2) is 0 Å². The summed E-state index contributed by atoms with van der Waals surface area (Å²) >= 11 is 0. The van der Waals surface area contributed by atoms with Gasteiger partial charge in [-0.2, -0.15) is 5.10 Å². The van der Waals surface area contributed by atoms with Crippen LogP contribution in [0.25, 0.3) is 10.9 Å². The van der Waals surface area contributed by atoms with E-state index in [2.05, 4.69) is 40.4 Å². The second-order valence-corrected chi connectivity index (χ2v) is 8.17. The molecular weight excluding hydrogens is 352 g/mol. The highest BCUT2D eigenvalue weighted by Crippen LogP contribution is 2.38. The molecule has 2 aromatic heterocycles. The Balaban J connectivity index is 1.57. The third-order valence-electron chi connectivity index (χ3n) is 5.37. The molecule has 2 heterocycles. The Morgan fingerprint density at radius 2 is 2.07 bits per heavy atom. The number of nitrogens with one attached hydrogen (secondary N) is 2. The number of hydrogen-bond donors (Lipinski definition) is 3. The molecule has 146 valence electrons. The molecule has 4 rings (SSSR count). The smallest absolute Gasteiger partial charge is 0.272 e. The lowest BCUT2D eigenvalue weighted by Gasteiger charge is -2.38. The van der Waals surface area contributed by atoms with Crippen molar-refractivity contribution in [2.75, 3.05) is 0 Å². The summed E-state index contributed by atoms with van der Waals surface area (Å²) in [4.78, 5) is 17.4. The van der Waals surface area contributed by atoms with Crippen molar-refractivity contribution >= 4 is 16.8 Å². The van der Waals surface area contributed by atoms with Crippen molar-refractivity contribution in [2.24, 2.45) is 11.8 Å². The van der Waals surface area contributed by atoms with Gasteiger partial charge in [-0.05, 0) is 54.9 Å². The Kier molecular flexibility index (Phi) is 5.13. The van der Waals surface area contributed by atoms with Crippen LogP contribution < -0.4 is 5.32 Å². The number of para-hydroxylation sites is 1. The van der Waals surface area contributed by atoms with E-state index >= 15 is 0 Å². The van der Waals surface area contributed by atoms with Gasteiger partial charge in [0.15, 0.2) is 0 Å². The lowest BCUT2D eigenvalue weighted by atomic mass is 9.75. The van der Waals surface area contributed by atoms with Crippen LogP contribution in [0.3, 0.4) is 0 Å². The highest BCUT2D eigenvalue weighted by Gasteiger charge is 2.36. The molecule has 6 nitrogen and oxygen atoms in total. The van der Waals surface area contributed by atoms with Gasteiger partial charge in [0, 0.05) is 17.3 Å². The van der Waals surface area contributed by atoms with E-state index in [0.717, 1.165) is 28.6 Å². The van der Waals surface area contributed by atoms with Gasteiger partial charge in [0.05, 0.1) is 17.7 Å². The normalized spacial score (nSPS) is 20.1. The number of benzene rings is 1. The number of aliphatic hydroxyl groups excluding tert-OH is 1. The molecule has 3 N–H and O–H groups in total. The molecule has 0 aliphatic heterocycles. The number of aromatic nitrogens is 3. The topological polar surface area (TPSA) is 90.9 Å². The summed E-state index contributed by atoms with van der Waals surface area (Å²) in [6, 6.07) is 11.6. The third kappa shape index (κ3) is 3.92. The maximum Gasteiger partial charge on any atom is 0.272 e. The summed E-state index contributed by atoms with van der Waals surface area (Å²) in [5.41, 5.74) is 3.25. The molecule has 28 heavy (non-hydrogen) atoms. The van der Waals surface area contributed by atoms with Crippen LogP contribution in [0.2, 0.25) is 0 Å². The average Bonchev–Trinajstić information content (AvgIpc) is 3.11. The highest BCUT2D eigenvalue weighted by atomic mass is 16.3. The number of nitrogens with zero attached hydrogens (tertiary/aromatic N) is 2. The van der Waals surface area contributed by atoms with Crippen molar-refractivity contribution in [3.8, 4) is 0 Å². The van der Waals surface area contributed by atoms with E-state index < -0.39 is 0 Å². The van der Waals surface area contributed by atoms with Crippen molar-refractivity contribution in [1.29, 1.82) is 0 Å². The fraction of sp³-hybridized carbons (Fsp3) is 0.409. The molecule has 0 bridgehead atoms. The SMILES string of the molecule is CC(C)Cc1cc(C(=O)NC(c2cnc3ccccc3c2)C2CC(O)C2)n[nH]1. The van der Waals surface area contributed by atoms with E-state index in [4.69, 9.17) is 0 Å². The van der Waals surface area contributed by atoms with Crippen LogP contribution in [-0.4, -0.2) is 32.3 Å². The lowest BCUT2D eigenvalue weighted by molar-refractivity contribution is 0.0234. The fourth-order valence-electron chi connectivity index (χ4n) is 3.87. The van der Waals surface area contributed by atoms with Gasteiger partial charge >= 0.3 is 0 Å². The molecule has 1 amide bonds. The summed E-state index contributed by atoms with van der Waals surface area (Å²) in [5.74, 6) is 0.478. The number of H-pyrrole nitrogens is 1. The van der Waals surface area contributed by atoms with E-state index in [-0.39, 0.29) is 24.0 Å². The summed E-state index contributed by atoms with van der Waals surface area (Å²) in [5, 5.41) is 21.1. The number of rotatable bonds is 6. The summed E-state index contributed by atoms with van der Waals surface area (Å²) in [7, 11) is 0. The first-order valence-electron chi connectivity index (χ1n) is 9.87. The van der Waals surface area contributed by atoms with Gasteiger partial charge in [0.25, 0.3) is 5.91 Å². The molecule has 6 heteroatoms. The Labute approximate surface area is 164 Å². The second kappa shape index (κ2) is 7.72. The molecule has 0 saturated heterocycles. The van der Waals surface area contributed by atoms with Crippen molar-refractivity contribution in [3.05, 3.63) is 59.5 Å². The molecule has 1 aromatic carbocycles. The monoisotopic (exact) mass is 378 g/mol. The van der Waals surface area contributed by atoms with Crippen LogP contribution in [0.5, 0.6) is 0 Å². The number of aromatic amines is 1.